The Balaban J connectivity index is 1.82. The summed E-state index contributed by atoms with van der Waals surface area (Å²) in [7, 11) is -3.43. The Labute approximate surface area is 172 Å². The van der Waals surface area contributed by atoms with E-state index in [0.29, 0.717) is 12.2 Å². The van der Waals surface area contributed by atoms with E-state index in [-0.39, 0.29) is 18.6 Å². The van der Waals surface area contributed by atoms with Crippen LogP contribution in [-0.4, -0.2) is 29.0 Å². The number of hydrogen-bond acceptors (Lipinski definition) is 4. The smallest absolute Gasteiger partial charge is 0.407 e. The van der Waals surface area contributed by atoms with E-state index in [2.05, 4.69) is 5.32 Å². The lowest BCUT2D eigenvalue weighted by Crippen LogP contribution is -2.38. The Morgan fingerprint density at radius 2 is 1.69 bits per heavy atom. The van der Waals surface area contributed by atoms with Crippen molar-refractivity contribution in [1.29, 1.82) is 0 Å². The molecular weight excluding hydrogens is 389 g/mol. The van der Waals surface area contributed by atoms with Crippen LogP contribution in [-0.2, 0) is 21.9 Å². The molecule has 0 radical (unpaired) electrons. The molecule has 158 valence electrons. The van der Waals surface area contributed by atoms with Crippen LogP contribution < -0.4 is 10.1 Å². The monoisotopic (exact) mass is 419 g/mol. The van der Waals surface area contributed by atoms with E-state index >= 15 is 0 Å². The second-order valence-corrected chi connectivity index (χ2v) is 10.4. The summed E-state index contributed by atoms with van der Waals surface area (Å²) in [5.41, 5.74) is 1.29. The average Bonchev–Trinajstić information content (AvgIpc) is 2.60. The van der Waals surface area contributed by atoms with E-state index in [4.69, 9.17) is 9.47 Å². The van der Waals surface area contributed by atoms with Crippen molar-refractivity contribution in [1.82, 2.24) is 5.32 Å². The van der Waals surface area contributed by atoms with Crippen LogP contribution in [0.15, 0.2) is 54.6 Å². The molecule has 2 aromatic rings. The minimum Gasteiger partial charge on any atom is -0.484 e. The van der Waals surface area contributed by atoms with E-state index < -0.39 is 19.1 Å². The zero-order valence-electron chi connectivity index (χ0n) is 17.4. The number of carbonyl (C=O) groups is 1. The third kappa shape index (κ3) is 9.16. The first-order valence-corrected chi connectivity index (χ1v) is 11.6. The molecule has 0 bridgehead atoms. The minimum absolute atomic E-state index is 0.0831. The highest BCUT2D eigenvalue weighted by atomic mass is 31.2. The molecule has 0 saturated carbocycles. The van der Waals surface area contributed by atoms with E-state index in [0.717, 1.165) is 11.1 Å². The van der Waals surface area contributed by atoms with Gasteiger partial charge < -0.3 is 19.7 Å². The maximum absolute atomic E-state index is 12.3. The van der Waals surface area contributed by atoms with Gasteiger partial charge in [-0.3, -0.25) is 4.57 Å². The van der Waals surface area contributed by atoms with Crippen molar-refractivity contribution >= 4 is 13.5 Å². The first kappa shape index (κ1) is 23.0. The fourth-order valence-corrected chi connectivity index (χ4v) is 3.95. The molecule has 0 fully saturated rings. The van der Waals surface area contributed by atoms with E-state index in [9.17, 15) is 14.3 Å². The van der Waals surface area contributed by atoms with Crippen LogP contribution in [0.25, 0.3) is 0 Å². The Morgan fingerprint density at radius 1 is 1.07 bits per heavy atom. The summed E-state index contributed by atoms with van der Waals surface area (Å²) in [6.45, 7) is 7.36. The molecular formula is C22H30NO5P. The van der Waals surface area contributed by atoms with Crippen LogP contribution in [0.4, 0.5) is 4.79 Å². The fraction of sp³-hybridized carbons (Fsp3) is 0.409. The first-order valence-electron chi connectivity index (χ1n) is 9.58. The summed E-state index contributed by atoms with van der Waals surface area (Å²) in [6, 6.07) is 16.4. The van der Waals surface area contributed by atoms with Crippen molar-refractivity contribution in [2.75, 3.05) is 6.35 Å². The first-order chi connectivity index (χ1) is 13.5. The van der Waals surface area contributed by atoms with Crippen LogP contribution in [0, 0.1) is 0 Å². The van der Waals surface area contributed by atoms with Gasteiger partial charge in [0, 0.05) is 6.04 Å². The molecule has 0 heterocycles. The Bertz CT molecular complexity index is 831. The van der Waals surface area contributed by atoms with E-state index in [1.165, 1.54) is 0 Å². The molecule has 2 N–H and O–H groups in total. The largest absolute Gasteiger partial charge is 0.484 e. The molecule has 1 unspecified atom stereocenters. The van der Waals surface area contributed by atoms with Crippen molar-refractivity contribution in [3.05, 3.63) is 65.7 Å². The predicted molar refractivity (Wildman–Crippen MR) is 114 cm³/mol. The second-order valence-electron chi connectivity index (χ2n) is 8.16. The molecule has 0 spiro atoms. The third-order valence-corrected chi connectivity index (χ3v) is 5.33. The van der Waals surface area contributed by atoms with Gasteiger partial charge in [-0.15, -0.1) is 0 Å². The third-order valence-electron chi connectivity index (χ3n) is 3.93. The van der Waals surface area contributed by atoms with Crippen molar-refractivity contribution in [2.24, 2.45) is 0 Å². The summed E-state index contributed by atoms with van der Waals surface area (Å²) < 4.78 is 23.1. The minimum atomic E-state index is -3.43. The molecule has 2 atom stereocenters. The van der Waals surface area contributed by atoms with Crippen molar-refractivity contribution < 1.29 is 23.7 Å². The highest BCUT2D eigenvalue weighted by molar-refractivity contribution is 7.56. The number of carbonyl (C=O) groups excluding carboxylic acids is 1. The van der Waals surface area contributed by atoms with Gasteiger partial charge in [0.15, 0.2) is 6.35 Å². The number of ether oxygens (including phenoxy) is 2. The number of rotatable bonds is 8. The lowest BCUT2D eigenvalue weighted by Gasteiger charge is -2.22. The average molecular weight is 419 g/mol. The van der Waals surface area contributed by atoms with Gasteiger partial charge in [0.2, 0.25) is 7.37 Å². The molecule has 7 heteroatoms. The van der Waals surface area contributed by atoms with Crippen molar-refractivity contribution in [3.8, 4) is 5.75 Å². The zero-order valence-corrected chi connectivity index (χ0v) is 18.3. The normalized spacial score (nSPS) is 14.5. The number of hydrogen-bond donors (Lipinski definition) is 2. The van der Waals surface area contributed by atoms with Gasteiger partial charge in [-0.1, -0.05) is 42.5 Å². The Hall–Kier alpha value is -2.30. The van der Waals surface area contributed by atoms with Gasteiger partial charge in [-0.2, -0.15) is 0 Å². The second kappa shape index (κ2) is 9.95. The summed E-state index contributed by atoms with van der Waals surface area (Å²) in [5, 5.41) is 2.81. The SMILES string of the molecule is C[C@H](Cc1ccc(OCP(=O)(O)Cc2ccccc2)cc1)NC(=O)OC(C)(C)C. The highest BCUT2D eigenvalue weighted by Crippen LogP contribution is 2.44. The van der Waals surface area contributed by atoms with E-state index in [1.807, 2.05) is 70.2 Å². The molecule has 2 aromatic carbocycles. The van der Waals surface area contributed by atoms with Crippen LogP contribution in [0.3, 0.4) is 0 Å². The fourth-order valence-electron chi connectivity index (χ4n) is 2.72. The predicted octanol–water partition coefficient (Wildman–Crippen LogP) is 4.95. The summed E-state index contributed by atoms with van der Waals surface area (Å²) in [6.07, 6.45) is 0.0333. The molecule has 0 aliphatic carbocycles. The summed E-state index contributed by atoms with van der Waals surface area (Å²) in [4.78, 5) is 22.0. The quantitative estimate of drug-likeness (QED) is 0.592. The maximum atomic E-state index is 12.3. The topological polar surface area (TPSA) is 84.9 Å². The van der Waals surface area contributed by atoms with Crippen molar-refractivity contribution in [2.45, 2.75) is 51.9 Å². The van der Waals surface area contributed by atoms with Crippen LogP contribution in [0.5, 0.6) is 5.75 Å². The zero-order chi connectivity index (χ0) is 21.5. The molecule has 0 aliphatic heterocycles. The molecule has 2 rings (SSSR count). The molecule has 0 aromatic heterocycles. The Morgan fingerprint density at radius 3 is 2.28 bits per heavy atom. The lowest BCUT2D eigenvalue weighted by molar-refractivity contribution is 0.0508. The van der Waals surface area contributed by atoms with Gasteiger partial charge in [0.1, 0.15) is 11.4 Å². The van der Waals surface area contributed by atoms with Crippen LogP contribution in [0.2, 0.25) is 0 Å². The Kier molecular flexibility index (Phi) is 7.88. The number of benzene rings is 2. The lowest BCUT2D eigenvalue weighted by atomic mass is 10.1. The molecule has 0 aliphatic rings. The van der Waals surface area contributed by atoms with E-state index in [1.54, 1.807) is 12.1 Å². The van der Waals surface area contributed by atoms with Gasteiger partial charge in [0.05, 0.1) is 6.16 Å². The molecule has 6 nitrogen and oxygen atoms in total. The number of amides is 1. The number of alkyl carbamates (subject to hydrolysis) is 1. The summed E-state index contributed by atoms with van der Waals surface area (Å²) >= 11 is 0. The van der Waals surface area contributed by atoms with Gasteiger partial charge in [-0.25, -0.2) is 4.79 Å². The van der Waals surface area contributed by atoms with Gasteiger partial charge in [0.25, 0.3) is 0 Å². The highest BCUT2D eigenvalue weighted by Gasteiger charge is 2.20. The van der Waals surface area contributed by atoms with Gasteiger partial charge in [-0.05, 0) is 57.4 Å². The standard InChI is InChI=1S/C22H30NO5P/c1-17(23-21(24)28-22(2,3)4)14-18-10-12-20(13-11-18)27-16-29(25,26)15-19-8-6-5-7-9-19/h5-13,17H,14-16H2,1-4H3,(H,23,24)(H,25,26)/t17-/m1/s1. The summed E-state index contributed by atoms with van der Waals surface area (Å²) in [5.74, 6) is 0.531. The van der Waals surface area contributed by atoms with Crippen LogP contribution in [0.1, 0.15) is 38.8 Å². The molecule has 0 saturated heterocycles. The van der Waals surface area contributed by atoms with Gasteiger partial charge >= 0.3 is 6.09 Å². The number of nitrogens with one attached hydrogen (secondary N) is 1. The molecule has 1 amide bonds. The maximum Gasteiger partial charge on any atom is 0.407 e. The van der Waals surface area contributed by atoms with Crippen molar-refractivity contribution in [3.63, 3.8) is 0 Å². The van der Waals surface area contributed by atoms with Crippen LogP contribution >= 0.6 is 7.37 Å². The molecule has 29 heavy (non-hydrogen) atoms.